The second-order valence-electron chi connectivity index (χ2n) is 11.2. The molecule has 0 bridgehead atoms. The average molecular weight is 719 g/mol. The van der Waals surface area contributed by atoms with Gasteiger partial charge in [-0.25, -0.2) is 4.79 Å². The van der Waals surface area contributed by atoms with E-state index in [0.29, 0.717) is 35.7 Å². The first kappa shape index (κ1) is 48.1. The Morgan fingerprint density at radius 1 is 0.804 bits per heavy atom. The molecule has 0 aliphatic heterocycles. The maximum atomic E-state index is 11.4. The number of allylic oxidation sites excluding steroid dienone is 4. The van der Waals surface area contributed by atoms with Crippen LogP contribution in [0.1, 0.15) is 70.2 Å². The van der Waals surface area contributed by atoms with Gasteiger partial charge in [-0.1, -0.05) is 117 Å². The lowest BCUT2D eigenvalue weighted by Crippen LogP contribution is -2.07. The van der Waals surface area contributed by atoms with Crippen molar-refractivity contribution in [3.8, 4) is 16.9 Å². The van der Waals surface area contributed by atoms with Crippen molar-refractivity contribution in [2.75, 3.05) is 14.2 Å². The van der Waals surface area contributed by atoms with Gasteiger partial charge in [0, 0.05) is 12.7 Å². The number of rotatable bonds is 13. The standard InChI is InChI=1S/C16H18O4.C15H13ClO3.C5H8.C4H8.C3H8/c1-12(2)16(18)20-11-15-9-13(5-4-8-17)6-7-14(15)10-19-3;1-18-15-7-6-13(8-14(15)16)12-4-2-11(3-5-12)9-19-10-17;1-4-5(2)3;1-4(2)3;1-3-2/h4-9H,1,10-11H2,2-3H3;2-8,10H,9H2,1H3;4H,1-2H2,3H3;1H2,2-3H3;3H2,1-2H3/b5-4+;;;;. The number of carbonyl (C=O) groups is 3. The summed E-state index contributed by atoms with van der Waals surface area (Å²) in [6.07, 6.45) is 6.78. The highest BCUT2D eigenvalue weighted by atomic mass is 35.5. The molecule has 0 fully saturated rings. The molecule has 0 unspecified atom stereocenters. The molecular weight excluding hydrogens is 664 g/mol. The Morgan fingerprint density at radius 3 is 1.82 bits per heavy atom. The van der Waals surface area contributed by atoms with Gasteiger partial charge in [0.15, 0.2) is 0 Å². The lowest BCUT2D eigenvalue weighted by molar-refractivity contribution is -0.140. The molecule has 0 saturated carbocycles. The summed E-state index contributed by atoms with van der Waals surface area (Å²) in [6, 6.07) is 19.0. The van der Waals surface area contributed by atoms with E-state index in [2.05, 4.69) is 40.2 Å². The highest BCUT2D eigenvalue weighted by Crippen LogP contribution is 2.30. The first-order valence-corrected chi connectivity index (χ1v) is 16.6. The molecule has 0 spiro atoms. The predicted molar refractivity (Wildman–Crippen MR) is 213 cm³/mol. The Labute approximate surface area is 310 Å². The monoisotopic (exact) mass is 718 g/mol. The van der Waals surface area contributed by atoms with E-state index in [4.69, 9.17) is 30.5 Å². The topological polar surface area (TPSA) is 88.1 Å². The zero-order valence-electron chi connectivity index (χ0n) is 31.6. The van der Waals surface area contributed by atoms with Gasteiger partial charge < -0.3 is 18.9 Å². The van der Waals surface area contributed by atoms with Crippen LogP contribution >= 0.6 is 11.6 Å². The number of hydrogen-bond donors (Lipinski definition) is 0. The maximum Gasteiger partial charge on any atom is 0.333 e. The molecule has 0 radical (unpaired) electrons. The summed E-state index contributed by atoms with van der Waals surface area (Å²) < 4.78 is 20.1. The van der Waals surface area contributed by atoms with Gasteiger partial charge in [-0.05, 0) is 85.4 Å². The molecule has 0 aromatic heterocycles. The molecule has 0 atom stereocenters. The van der Waals surface area contributed by atoms with E-state index in [1.807, 2.05) is 81.4 Å². The van der Waals surface area contributed by atoms with Gasteiger partial charge in [0.2, 0.25) is 0 Å². The molecule has 0 aliphatic carbocycles. The van der Waals surface area contributed by atoms with Crippen molar-refractivity contribution in [2.45, 2.75) is 67.8 Å². The molecule has 3 rings (SSSR count). The zero-order chi connectivity index (χ0) is 39.2. The first-order chi connectivity index (χ1) is 24.2. The Morgan fingerprint density at radius 2 is 1.37 bits per heavy atom. The predicted octanol–water partition coefficient (Wildman–Crippen LogP) is 11.1. The average Bonchev–Trinajstić information content (AvgIpc) is 3.10. The molecule has 8 heteroatoms. The van der Waals surface area contributed by atoms with E-state index in [1.165, 1.54) is 18.1 Å². The van der Waals surface area contributed by atoms with Gasteiger partial charge >= 0.3 is 5.97 Å². The number of carbonyl (C=O) groups excluding carboxylic acids is 3. The van der Waals surface area contributed by atoms with Gasteiger partial charge in [0.05, 0.1) is 18.7 Å². The maximum absolute atomic E-state index is 11.4. The highest BCUT2D eigenvalue weighted by Gasteiger charge is 2.08. The van der Waals surface area contributed by atoms with Crippen LogP contribution in [0.5, 0.6) is 5.75 Å². The second-order valence-corrected chi connectivity index (χ2v) is 11.6. The minimum atomic E-state index is -0.429. The summed E-state index contributed by atoms with van der Waals surface area (Å²) in [5.74, 6) is 0.226. The van der Waals surface area contributed by atoms with Crippen molar-refractivity contribution in [2.24, 2.45) is 0 Å². The van der Waals surface area contributed by atoms with Crippen LogP contribution < -0.4 is 4.74 Å². The van der Waals surface area contributed by atoms with Gasteiger partial charge in [0.1, 0.15) is 25.2 Å². The Kier molecular flexibility index (Phi) is 28.2. The quantitative estimate of drug-likeness (QED) is 0.0571. The van der Waals surface area contributed by atoms with Gasteiger partial charge in [-0.2, -0.15) is 0 Å². The summed E-state index contributed by atoms with van der Waals surface area (Å²) in [7, 11) is 3.19. The fourth-order valence-corrected chi connectivity index (χ4v) is 3.62. The van der Waals surface area contributed by atoms with E-state index in [0.717, 1.165) is 39.0 Å². The van der Waals surface area contributed by atoms with E-state index in [1.54, 1.807) is 33.3 Å². The second kappa shape index (κ2) is 29.9. The van der Waals surface area contributed by atoms with Crippen molar-refractivity contribution in [1.82, 2.24) is 0 Å². The number of halogens is 1. The van der Waals surface area contributed by atoms with Crippen LogP contribution in [0.3, 0.4) is 0 Å². The lowest BCUT2D eigenvalue weighted by atomic mass is 10.0. The summed E-state index contributed by atoms with van der Waals surface area (Å²) in [5.41, 5.74) is 8.17. The Balaban J connectivity index is 0. The van der Waals surface area contributed by atoms with Gasteiger partial charge in [-0.3, -0.25) is 9.59 Å². The minimum absolute atomic E-state index is 0.146. The number of hydrogen-bond acceptors (Lipinski definition) is 7. The lowest BCUT2D eigenvalue weighted by Gasteiger charge is -2.11. The summed E-state index contributed by atoms with van der Waals surface area (Å²) >= 11 is 6.10. The SMILES string of the molecule is C=C(C)C.C=C(C)C(=O)OCc1cc(/C=C/C=O)ccc1COC.C=CC(=C)C.CCC.COc1ccc(-c2ccc(COC=O)cc2)cc1Cl. The van der Waals surface area contributed by atoms with Gasteiger partial charge in [0.25, 0.3) is 6.47 Å². The van der Waals surface area contributed by atoms with Crippen molar-refractivity contribution in [3.63, 3.8) is 0 Å². The zero-order valence-corrected chi connectivity index (χ0v) is 32.3. The fraction of sp³-hybridized carbons (Fsp3) is 0.279. The molecular formula is C43H55ClO7. The van der Waals surface area contributed by atoms with E-state index in [-0.39, 0.29) is 13.2 Å². The third kappa shape index (κ3) is 23.9. The largest absolute Gasteiger partial charge is 0.495 e. The number of benzene rings is 3. The summed E-state index contributed by atoms with van der Waals surface area (Å²) in [4.78, 5) is 31.9. The van der Waals surface area contributed by atoms with E-state index in [9.17, 15) is 14.4 Å². The molecule has 7 nitrogen and oxygen atoms in total. The third-order valence-electron chi connectivity index (χ3n) is 5.71. The molecule has 276 valence electrons. The van der Waals surface area contributed by atoms with Crippen molar-refractivity contribution < 1.29 is 33.3 Å². The number of ether oxygens (including phenoxy) is 4. The third-order valence-corrected chi connectivity index (χ3v) is 6.01. The van der Waals surface area contributed by atoms with Crippen molar-refractivity contribution in [3.05, 3.63) is 143 Å². The van der Waals surface area contributed by atoms with Gasteiger partial charge in [-0.15, -0.1) is 6.58 Å². The smallest absolute Gasteiger partial charge is 0.333 e. The van der Waals surface area contributed by atoms with Crippen LogP contribution in [-0.4, -0.2) is 32.9 Å². The minimum Gasteiger partial charge on any atom is -0.495 e. The number of aldehydes is 1. The van der Waals surface area contributed by atoms with Crippen LogP contribution in [0, 0.1) is 0 Å². The molecule has 0 heterocycles. The number of methoxy groups -OCH3 is 2. The van der Waals surface area contributed by atoms with E-state index >= 15 is 0 Å². The summed E-state index contributed by atoms with van der Waals surface area (Å²) in [6.45, 7) is 27.1. The molecule has 0 amide bonds. The first-order valence-electron chi connectivity index (χ1n) is 16.2. The van der Waals surface area contributed by atoms with Crippen molar-refractivity contribution >= 4 is 36.4 Å². The Hall–Kier alpha value is -4.98. The van der Waals surface area contributed by atoms with Crippen LogP contribution in [0.4, 0.5) is 0 Å². The van der Waals surface area contributed by atoms with Crippen LogP contribution in [0.15, 0.2) is 116 Å². The normalized spacial score (nSPS) is 9.35. The molecule has 0 saturated heterocycles. The van der Waals surface area contributed by atoms with Crippen molar-refractivity contribution in [1.29, 1.82) is 0 Å². The Bertz CT molecular complexity index is 1550. The molecule has 3 aromatic rings. The molecule has 3 aromatic carbocycles. The molecule has 51 heavy (non-hydrogen) atoms. The van der Waals surface area contributed by atoms with Crippen LogP contribution in [-0.2, 0) is 48.4 Å². The number of esters is 1. The van der Waals surface area contributed by atoms with Crippen LogP contribution in [0.25, 0.3) is 17.2 Å². The van der Waals surface area contributed by atoms with Crippen LogP contribution in [0.2, 0.25) is 5.02 Å². The molecule has 0 N–H and O–H groups in total. The van der Waals surface area contributed by atoms with E-state index < -0.39 is 5.97 Å². The highest BCUT2D eigenvalue weighted by molar-refractivity contribution is 6.32. The fourth-order valence-electron chi connectivity index (χ4n) is 3.37. The summed E-state index contributed by atoms with van der Waals surface area (Å²) in [5, 5.41) is 0.577. The molecule has 0 aliphatic rings.